The van der Waals surface area contributed by atoms with Crippen molar-refractivity contribution in [1.82, 2.24) is 4.90 Å². The molecule has 0 heterocycles. The standard InChI is InChI=1S/C11H26N2O3/c1-13(6-5-7-14-2)10(9-12)8-11(15-3)16-4/h10-11H,5-9,12H2,1-4H3. The molecule has 0 bridgehead atoms. The summed E-state index contributed by atoms with van der Waals surface area (Å²) in [5, 5.41) is 0. The summed E-state index contributed by atoms with van der Waals surface area (Å²) in [7, 11) is 7.07. The van der Waals surface area contributed by atoms with E-state index in [0.717, 1.165) is 26.0 Å². The highest BCUT2D eigenvalue weighted by atomic mass is 16.7. The third-order valence-electron chi connectivity index (χ3n) is 2.75. The van der Waals surface area contributed by atoms with Gasteiger partial charge in [0.05, 0.1) is 0 Å². The molecule has 0 spiro atoms. The molecule has 5 nitrogen and oxygen atoms in total. The molecule has 0 aromatic rings. The van der Waals surface area contributed by atoms with Gasteiger partial charge in [0.1, 0.15) is 0 Å². The molecule has 2 N–H and O–H groups in total. The van der Waals surface area contributed by atoms with E-state index >= 15 is 0 Å². The Kier molecular flexibility index (Phi) is 9.86. The van der Waals surface area contributed by atoms with Crippen LogP contribution in [-0.4, -0.2) is 65.3 Å². The maximum absolute atomic E-state index is 5.75. The maximum atomic E-state index is 5.75. The van der Waals surface area contributed by atoms with Gasteiger partial charge in [0.2, 0.25) is 0 Å². The van der Waals surface area contributed by atoms with Crippen molar-refractivity contribution < 1.29 is 14.2 Å². The largest absolute Gasteiger partial charge is 0.385 e. The van der Waals surface area contributed by atoms with Crippen molar-refractivity contribution in [2.24, 2.45) is 5.73 Å². The number of rotatable bonds is 10. The van der Waals surface area contributed by atoms with Crippen LogP contribution >= 0.6 is 0 Å². The molecule has 98 valence electrons. The van der Waals surface area contributed by atoms with E-state index in [-0.39, 0.29) is 12.3 Å². The first-order valence-corrected chi connectivity index (χ1v) is 5.64. The van der Waals surface area contributed by atoms with E-state index < -0.39 is 0 Å². The van der Waals surface area contributed by atoms with E-state index in [4.69, 9.17) is 19.9 Å². The van der Waals surface area contributed by atoms with Crippen LogP contribution in [0, 0.1) is 0 Å². The number of nitrogens with zero attached hydrogens (tertiary/aromatic N) is 1. The number of hydrogen-bond donors (Lipinski definition) is 1. The van der Waals surface area contributed by atoms with Crippen molar-refractivity contribution in [3.8, 4) is 0 Å². The molecule has 0 saturated carbocycles. The Bertz CT molecular complexity index is 154. The molecule has 0 aliphatic rings. The zero-order valence-corrected chi connectivity index (χ0v) is 10.9. The van der Waals surface area contributed by atoms with Gasteiger partial charge in [-0.1, -0.05) is 0 Å². The second-order valence-corrected chi connectivity index (χ2v) is 3.85. The molecular weight excluding hydrogens is 208 g/mol. The molecule has 0 amide bonds. The van der Waals surface area contributed by atoms with Gasteiger partial charge in [0.25, 0.3) is 0 Å². The first kappa shape index (κ1) is 15.8. The average molecular weight is 234 g/mol. The fourth-order valence-corrected chi connectivity index (χ4v) is 1.61. The summed E-state index contributed by atoms with van der Waals surface area (Å²) in [6.07, 6.45) is 1.61. The molecule has 0 aliphatic carbocycles. The van der Waals surface area contributed by atoms with Gasteiger partial charge in [-0.3, -0.25) is 0 Å². The topological polar surface area (TPSA) is 57.0 Å². The van der Waals surface area contributed by atoms with Crippen LogP contribution in [-0.2, 0) is 14.2 Å². The van der Waals surface area contributed by atoms with Crippen LogP contribution in [0.3, 0.4) is 0 Å². The third-order valence-corrected chi connectivity index (χ3v) is 2.75. The normalized spacial score (nSPS) is 13.7. The van der Waals surface area contributed by atoms with Crippen molar-refractivity contribution in [2.75, 3.05) is 48.1 Å². The Hall–Kier alpha value is -0.200. The van der Waals surface area contributed by atoms with Crippen molar-refractivity contribution in [1.29, 1.82) is 0 Å². The zero-order chi connectivity index (χ0) is 12.4. The fourth-order valence-electron chi connectivity index (χ4n) is 1.61. The van der Waals surface area contributed by atoms with E-state index in [1.165, 1.54) is 0 Å². The van der Waals surface area contributed by atoms with Gasteiger partial charge in [-0.15, -0.1) is 0 Å². The summed E-state index contributed by atoms with van der Waals surface area (Å²) in [5.74, 6) is 0. The van der Waals surface area contributed by atoms with Gasteiger partial charge in [0.15, 0.2) is 6.29 Å². The molecule has 1 unspecified atom stereocenters. The predicted octanol–water partition coefficient (Wildman–Crippen LogP) is 0.291. The second kappa shape index (κ2) is 9.99. The van der Waals surface area contributed by atoms with Crippen LogP contribution in [0.4, 0.5) is 0 Å². The summed E-state index contributed by atoms with van der Waals surface area (Å²) in [6, 6.07) is 0.279. The number of nitrogens with two attached hydrogens (primary N) is 1. The molecule has 5 heteroatoms. The summed E-state index contributed by atoms with van der Waals surface area (Å²) >= 11 is 0. The van der Waals surface area contributed by atoms with Gasteiger partial charge in [-0.05, 0) is 13.5 Å². The van der Waals surface area contributed by atoms with Gasteiger partial charge in [-0.25, -0.2) is 0 Å². The van der Waals surface area contributed by atoms with E-state index in [9.17, 15) is 0 Å². The lowest BCUT2D eigenvalue weighted by Gasteiger charge is -2.29. The highest BCUT2D eigenvalue weighted by Gasteiger charge is 2.18. The van der Waals surface area contributed by atoms with E-state index in [0.29, 0.717) is 6.54 Å². The Morgan fingerprint density at radius 3 is 2.25 bits per heavy atom. The minimum absolute atomic E-state index is 0.182. The second-order valence-electron chi connectivity index (χ2n) is 3.85. The van der Waals surface area contributed by atoms with Gasteiger partial charge in [0, 0.05) is 53.5 Å². The molecule has 0 aromatic heterocycles. The molecule has 0 radical (unpaired) electrons. The Balaban J connectivity index is 3.94. The lowest BCUT2D eigenvalue weighted by molar-refractivity contribution is -0.115. The number of likely N-dealkylation sites (N-methyl/N-ethyl adjacent to an activating group) is 1. The number of methoxy groups -OCH3 is 3. The van der Waals surface area contributed by atoms with Gasteiger partial charge >= 0.3 is 0 Å². The molecule has 0 saturated heterocycles. The van der Waals surface area contributed by atoms with Crippen LogP contribution in [0.15, 0.2) is 0 Å². The molecule has 16 heavy (non-hydrogen) atoms. The Morgan fingerprint density at radius 1 is 1.19 bits per heavy atom. The summed E-state index contributed by atoms with van der Waals surface area (Å²) in [5.41, 5.74) is 5.75. The van der Waals surface area contributed by atoms with Gasteiger partial charge < -0.3 is 24.8 Å². The number of hydrogen-bond acceptors (Lipinski definition) is 5. The van der Waals surface area contributed by atoms with Crippen LogP contribution in [0.1, 0.15) is 12.8 Å². The SMILES string of the molecule is COCCCN(C)C(CN)CC(OC)OC. The molecule has 0 rings (SSSR count). The molecular formula is C11H26N2O3. The Morgan fingerprint density at radius 2 is 1.81 bits per heavy atom. The predicted molar refractivity (Wildman–Crippen MR) is 64.4 cm³/mol. The van der Waals surface area contributed by atoms with Crippen LogP contribution in [0.5, 0.6) is 0 Å². The highest BCUT2D eigenvalue weighted by molar-refractivity contribution is 4.71. The summed E-state index contributed by atoms with van der Waals surface area (Å²) in [4.78, 5) is 2.23. The van der Waals surface area contributed by atoms with E-state index in [1.54, 1.807) is 21.3 Å². The zero-order valence-electron chi connectivity index (χ0n) is 10.9. The smallest absolute Gasteiger partial charge is 0.158 e. The first-order chi connectivity index (χ1) is 7.69. The fraction of sp³-hybridized carbons (Fsp3) is 1.00. The summed E-state index contributed by atoms with van der Waals surface area (Å²) in [6.45, 7) is 2.35. The van der Waals surface area contributed by atoms with Crippen molar-refractivity contribution >= 4 is 0 Å². The third kappa shape index (κ3) is 6.40. The molecule has 0 aliphatic heterocycles. The molecule has 1 atom stereocenters. The van der Waals surface area contributed by atoms with E-state index in [2.05, 4.69) is 11.9 Å². The van der Waals surface area contributed by atoms with Crippen molar-refractivity contribution in [3.05, 3.63) is 0 Å². The van der Waals surface area contributed by atoms with Crippen LogP contribution < -0.4 is 5.73 Å². The monoisotopic (exact) mass is 234 g/mol. The minimum Gasteiger partial charge on any atom is -0.385 e. The number of ether oxygens (including phenoxy) is 3. The molecule has 0 fully saturated rings. The van der Waals surface area contributed by atoms with Gasteiger partial charge in [-0.2, -0.15) is 0 Å². The van der Waals surface area contributed by atoms with E-state index in [1.807, 2.05) is 0 Å². The maximum Gasteiger partial charge on any atom is 0.158 e. The first-order valence-electron chi connectivity index (χ1n) is 5.64. The lowest BCUT2D eigenvalue weighted by atomic mass is 10.1. The highest BCUT2D eigenvalue weighted by Crippen LogP contribution is 2.08. The lowest BCUT2D eigenvalue weighted by Crippen LogP contribution is -2.41. The quantitative estimate of drug-likeness (QED) is 0.435. The van der Waals surface area contributed by atoms with Crippen molar-refractivity contribution in [2.45, 2.75) is 25.2 Å². The minimum atomic E-state index is -0.182. The average Bonchev–Trinajstić information content (AvgIpc) is 2.31. The van der Waals surface area contributed by atoms with Crippen molar-refractivity contribution in [3.63, 3.8) is 0 Å². The Labute approximate surface area is 98.8 Å². The van der Waals surface area contributed by atoms with Crippen LogP contribution in [0.25, 0.3) is 0 Å². The van der Waals surface area contributed by atoms with Crippen LogP contribution in [0.2, 0.25) is 0 Å². The summed E-state index contributed by atoms with van der Waals surface area (Å²) < 4.78 is 15.4. The molecule has 0 aromatic carbocycles.